The fraction of sp³-hybridized carbons (Fsp3) is 0.786. The molecule has 0 radical (unpaired) electrons. The molecule has 108 valence electrons. The molecule has 0 unspecified atom stereocenters. The lowest BCUT2D eigenvalue weighted by molar-refractivity contribution is 0.621. The summed E-state index contributed by atoms with van der Waals surface area (Å²) in [7, 11) is 4.06. The van der Waals surface area contributed by atoms with Crippen LogP contribution in [0.15, 0.2) is 0 Å². The molecule has 0 aromatic carbocycles. The molecule has 0 bridgehead atoms. The second-order valence-corrected chi connectivity index (χ2v) is 7.69. The van der Waals surface area contributed by atoms with E-state index in [9.17, 15) is 0 Å². The lowest BCUT2D eigenvalue weighted by atomic mass is 10.1. The highest BCUT2D eigenvalue weighted by Gasteiger charge is 2.26. The summed E-state index contributed by atoms with van der Waals surface area (Å²) >= 11 is 2.08. The second kappa shape index (κ2) is 5.75. The lowest BCUT2D eigenvalue weighted by Gasteiger charge is -2.25. The maximum atomic E-state index is 4.60. The Labute approximate surface area is 120 Å². The fourth-order valence-corrected chi connectivity index (χ4v) is 3.80. The van der Waals surface area contributed by atoms with Crippen LogP contribution in [0.25, 0.3) is 0 Å². The number of anilines is 1. The topological polar surface area (TPSA) is 33.1 Å². The molecule has 2 heterocycles. The molecule has 0 spiro atoms. The second-order valence-electron chi connectivity index (χ2n) is 5.89. The van der Waals surface area contributed by atoms with Crippen molar-refractivity contribution in [2.75, 3.05) is 30.8 Å². The molecule has 4 nitrogen and oxygen atoms in total. The van der Waals surface area contributed by atoms with Gasteiger partial charge in [-0.2, -0.15) is 16.9 Å². The van der Waals surface area contributed by atoms with E-state index >= 15 is 0 Å². The summed E-state index contributed by atoms with van der Waals surface area (Å²) in [6.07, 6.45) is 1.22. The van der Waals surface area contributed by atoms with Crippen LogP contribution in [-0.2, 0) is 13.6 Å². The van der Waals surface area contributed by atoms with Gasteiger partial charge in [-0.05, 0) is 20.4 Å². The molecule has 1 aromatic heterocycles. The number of aromatic nitrogens is 2. The highest BCUT2D eigenvalue weighted by Crippen LogP contribution is 2.33. The van der Waals surface area contributed by atoms with Crippen molar-refractivity contribution in [3.63, 3.8) is 0 Å². The van der Waals surface area contributed by atoms with E-state index in [1.54, 1.807) is 0 Å². The maximum Gasteiger partial charge on any atom is 0.131 e. The summed E-state index contributed by atoms with van der Waals surface area (Å²) in [6.45, 7) is 9.93. The summed E-state index contributed by atoms with van der Waals surface area (Å²) in [5.74, 6) is 2.49. The van der Waals surface area contributed by atoms with Gasteiger partial charge in [-0.25, -0.2) is 0 Å². The molecule has 0 amide bonds. The molecule has 1 saturated heterocycles. The molecule has 1 aromatic rings. The first-order chi connectivity index (χ1) is 8.94. The molecule has 5 heteroatoms. The molecule has 19 heavy (non-hydrogen) atoms. The van der Waals surface area contributed by atoms with E-state index in [1.807, 2.05) is 11.7 Å². The minimum atomic E-state index is 0.394. The van der Waals surface area contributed by atoms with Crippen molar-refractivity contribution < 1.29 is 0 Å². The molecular formula is C14H26N4S. The number of hydrogen-bond acceptors (Lipinski definition) is 4. The quantitative estimate of drug-likeness (QED) is 0.921. The van der Waals surface area contributed by atoms with E-state index in [1.165, 1.54) is 23.6 Å². The molecule has 2 rings (SSSR count). The van der Waals surface area contributed by atoms with Crippen molar-refractivity contribution in [1.82, 2.24) is 15.1 Å². The van der Waals surface area contributed by atoms with Gasteiger partial charge in [0.2, 0.25) is 0 Å². The predicted molar refractivity (Wildman–Crippen MR) is 84.1 cm³/mol. The van der Waals surface area contributed by atoms with Gasteiger partial charge in [-0.1, -0.05) is 13.8 Å². The van der Waals surface area contributed by atoms with Crippen LogP contribution < -0.4 is 10.2 Å². The van der Waals surface area contributed by atoms with Crippen molar-refractivity contribution in [3.8, 4) is 0 Å². The highest BCUT2D eigenvalue weighted by molar-refractivity contribution is 8.00. The van der Waals surface area contributed by atoms with Crippen molar-refractivity contribution in [3.05, 3.63) is 11.3 Å². The molecule has 0 saturated carbocycles. The number of aryl methyl sites for hydroxylation is 2. The van der Waals surface area contributed by atoms with Crippen molar-refractivity contribution in [2.24, 2.45) is 7.05 Å². The number of hydrogen-bond donors (Lipinski definition) is 1. The first kappa shape index (κ1) is 14.7. The van der Waals surface area contributed by atoms with Crippen molar-refractivity contribution in [2.45, 2.75) is 38.5 Å². The fourth-order valence-electron chi connectivity index (χ4n) is 2.70. The largest absolute Gasteiger partial charge is 0.356 e. The SMILES string of the molecule is CNCc1c(C)nn(C)c1N1CCSC(C)(C)CC1. The summed E-state index contributed by atoms with van der Waals surface area (Å²) in [5, 5.41) is 7.86. The Hall–Kier alpha value is -0.680. The van der Waals surface area contributed by atoms with E-state index < -0.39 is 0 Å². The van der Waals surface area contributed by atoms with Gasteiger partial charge in [0.05, 0.1) is 5.69 Å². The third kappa shape index (κ3) is 3.26. The van der Waals surface area contributed by atoms with Crippen molar-refractivity contribution >= 4 is 17.6 Å². The summed E-state index contributed by atoms with van der Waals surface area (Å²) in [5.41, 5.74) is 2.48. The summed E-state index contributed by atoms with van der Waals surface area (Å²) < 4.78 is 2.44. The normalized spacial score (nSPS) is 19.5. The monoisotopic (exact) mass is 282 g/mol. The van der Waals surface area contributed by atoms with Gasteiger partial charge in [0, 0.05) is 42.7 Å². The number of nitrogens with zero attached hydrogens (tertiary/aromatic N) is 3. The molecular weight excluding hydrogens is 256 g/mol. The van der Waals surface area contributed by atoms with Gasteiger partial charge in [0.25, 0.3) is 0 Å². The van der Waals surface area contributed by atoms with Gasteiger partial charge < -0.3 is 10.2 Å². The Morgan fingerprint density at radius 1 is 1.37 bits per heavy atom. The third-order valence-electron chi connectivity index (χ3n) is 3.80. The van der Waals surface area contributed by atoms with Gasteiger partial charge in [0.15, 0.2) is 0 Å². The first-order valence-electron chi connectivity index (χ1n) is 7.00. The number of rotatable bonds is 3. The van der Waals surface area contributed by atoms with Crippen LogP contribution >= 0.6 is 11.8 Å². The van der Waals surface area contributed by atoms with Crippen LogP contribution in [0.2, 0.25) is 0 Å². The van der Waals surface area contributed by atoms with Crippen molar-refractivity contribution in [1.29, 1.82) is 0 Å². The summed E-state index contributed by atoms with van der Waals surface area (Å²) in [4.78, 5) is 2.51. The lowest BCUT2D eigenvalue weighted by Crippen LogP contribution is -2.30. The first-order valence-corrected chi connectivity index (χ1v) is 7.99. The zero-order chi connectivity index (χ0) is 14.0. The Kier molecular flexibility index (Phi) is 4.46. The minimum absolute atomic E-state index is 0.394. The zero-order valence-corrected chi connectivity index (χ0v) is 13.6. The van der Waals surface area contributed by atoms with Crippen LogP contribution in [0.3, 0.4) is 0 Å². The predicted octanol–water partition coefficient (Wildman–Crippen LogP) is 2.17. The van der Waals surface area contributed by atoms with Crippen LogP contribution in [0.5, 0.6) is 0 Å². The van der Waals surface area contributed by atoms with Crippen LogP contribution in [0.1, 0.15) is 31.5 Å². The van der Waals surface area contributed by atoms with E-state index in [-0.39, 0.29) is 0 Å². The standard InChI is InChI=1S/C14H26N4S/c1-11-12(10-15-4)13(17(5)16-11)18-7-6-14(2,3)19-9-8-18/h15H,6-10H2,1-5H3. The molecule has 0 atom stereocenters. The Bertz CT molecular complexity index is 439. The Morgan fingerprint density at radius 3 is 2.79 bits per heavy atom. The number of thioether (sulfide) groups is 1. The van der Waals surface area contributed by atoms with E-state index in [2.05, 4.69) is 54.9 Å². The van der Waals surface area contributed by atoms with E-state index in [0.717, 1.165) is 25.3 Å². The van der Waals surface area contributed by atoms with Gasteiger partial charge in [-0.3, -0.25) is 4.68 Å². The minimum Gasteiger partial charge on any atom is -0.356 e. The van der Waals surface area contributed by atoms with Gasteiger partial charge in [-0.15, -0.1) is 0 Å². The molecule has 1 aliphatic rings. The zero-order valence-electron chi connectivity index (χ0n) is 12.8. The smallest absolute Gasteiger partial charge is 0.131 e. The third-order valence-corrected chi connectivity index (χ3v) is 5.18. The molecule has 1 aliphatic heterocycles. The van der Waals surface area contributed by atoms with Crippen LogP contribution in [0.4, 0.5) is 5.82 Å². The van der Waals surface area contributed by atoms with E-state index in [0.29, 0.717) is 4.75 Å². The van der Waals surface area contributed by atoms with Gasteiger partial charge >= 0.3 is 0 Å². The molecule has 1 fully saturated rings. The average molecular weight is 282 g/mol. The van der Waals surface area contributed by atoms with E-state index in [4.69, 9.17) is 0 Å². The van der Waals surface area contributed by atoms with Gasteiger partial charge in [0.1, 0.15) is 5.82 Å². The Balaban J connectivity index is 2.26. The van der Waals surface area contributed by atoms with Crippen LogP contribution in [0, 0.1) is 6.92 Å². The molecule has 1 N–H and O–H groups in total. The number of nitrogens with one attached hydrogen (secondary N) is 1. The Morgan fingerprint density at radius 2 is 2.11 bits per heavy atom. The summed E-state index contributed by atoms with van der Waals surface area (Å²) in [6, 6.07) is 0. The molecule has 0 aliphatic carbocycles. The average Bonchev–Trinajstić information content (AvgIpc) is 2.49. The maximum absolute atomic E-state index is 4.60. The van der Waals surface area contributed by atoms with Crippen LogP contribution in [-0.4, -0.2) is 40.4 Å². The highest BCUT2D eigenvalue weighted by atomic mass is 32.2.